The Labute approximate surface area is 117 Å². The fourth-order valence-corrected chi connectivity index (χ4v) is 2.47. The molecule has 0 bridgehead atoms. The lowest BCUT2D eigenvalue weighted by atomic mass is 10.1. The van der Waals surface area contributed by atoms with E-state index in [1.54, 1.807) is 10.7 Å². The average Bonchev–Trinajstić information content (AvgIpc) is 2.87. The van der Waals surface area contributed by atoms with Crippen molar-refractivity contribution < 1.29 is 4.79 Å². The summed E-state index contributed by atoms with van der Waals surface area (Å²) in [5.41, 5.74) is 0.906. The predicted octanol–water partition coefficient (Wildman–Crippen LogP) is 0.255. The Morgan fingerprint density at radius 1 is 1.45 bits per heavy atom. The van der Waals surface area contributed by atoms with E-state index in [0.717, 1.165) is 12.2 Å². The van der Waals surface area contributed by atoms with Crippen molar-refractivity contribution in [2.24, 2.45) is 0 Å². The number of amides is 1. The third kappa shape index (κ3) is 2.03. The molecule has 7 heteroatoms. The lowest BCUT2D eigenvalue weighted by Crippen LogP contribution is -2.57. The number of nitrogens with one attached hydrogen (secondary N) is 1. The first kappa shape index (κ1) is 13.0. The highest BCUT2D eigenvalue weighted by Crippen LogP contribution is 2.12. The molecule has 20 heavy (non-hydrogen) atoms. The molecule has 3 rings (SSSR count). The van der Waals surface area contributed by atoms with Crippen molar-refractivity contribution in [2.75, 3.05) is 13.1 Å². The molecule has 1 saturated heterocycles. The molecule has 0 radical (unpaired) electrons. The largest absolute Gasteiger partial charge is 0.330 e. The number of carbonyl (C=O) groups is 1. The molecule has 0 spiro atoms. The monoisotopic (exact) mass is 274 g/mol. The highest BCUT2D eigenvalue weighted by molar-refractivity contribution is 5.91. The Morgan fingerprint density at radius 3 is 3.00 bits per heavy atom. The molecule has 1 aliphatic rings. The summed E-state index contributed by atoms with van der Waals surface area (Å²) >= 11 is 0. The molecule has 2 atom stereocenters. The highest BCUT2D eigenvalue weighted by Gasteiger charge is 2.31. The second kappa shape index (κ2) is 4.82. The van der Waals surface area contributed by atoms with Gasteiger partial charge < -0.3 is 10.2 Å². The van der Waals surface area contributed by atoms with Crippen LogP contribution >= 0.6 is 0 Å². The topological polar surface area (TPSA) is 75.4 Å². The van der Waals surface area contributed by atoms with E-state index >= 15 is 0 Å². The predicted molar refractivity (Wildman–Crippen MR) is 73.5 cm³/mol. The second-order valence-electron chi connectivity index (χ2n) is 5.22. The molecule has 0 saturated carbocycles. The van der Waals surface area contributed by atoms with E-state index in [0.29, 0.717) is 12.3 Å². The summed E-state index contributed by atoms with van der Waals surface area (Å²) < 4.78 is 1.60. The number of piperazine rings is 1. The van der Waals surface area contributed by atoms with Crippen molar-refractivity contribution in [3.05, 3.63) is 23.8 Å². The van der Waals surface area contributed by atoms with Crippen LogP contribution in [0, 0.1) is 6.92 Å². The van der Waals surface area contributed by atoms with Gasteiger partial charge >= 0.3 is 0 Å². The number of hydrogen-bond donors (Lipinski definition) is 1. The van der Waals surface area contributed by atoms with E-state index in [-0.39, 0.29) is 23.8 Å². The molecular formula is C13H18N6O. The number of hydrogen-bond acceptors (Lipinski definition) is 5. The van der Waals surface area contributed by atoms with Crippen LogP contribution < -0.4 is 5.32 Å². The Kier molecular flexibility index (Phi) is 3.13. The van der Waals surface area contributed by atoms with Crippen LogP contribution in [0.3, 0.4) is 0 Å². The summed E-state index contributed by atoms with van der Waals surface area (Å²) in [4.78, 5) is 22.8. The Hall–Kier alpha value is -2.02. The van der Waals surface area contributed by atoms with E-state index in [2.05, 4.69) is 27.3 Å². The van der Waals surface area contributed by atoms with Gasteiger partial charge in [0.2, 0.25) is 5.82 Å². The molecule has 1 aliphatic heterocycles. The molecule has 1 amide bonds. The first-order valence-electron chi connectivity index (χ1n) is 6.80. The number of carbonyl (C=O) groups excluding carboxylic acids is 1. The number of aryl methyl sites for hydroxylation is 1. The van der Waals surface area contributed by atoms with Gasteiger partial charge in [0.15, 0.2) is 0 Å². The van der Waals surface area contributed by atoms with Gasteiger partial charge in [0.25, 0.3) is 11.7 Å². The van der Waals surface area contributed by atoms with Gasteiger partial charge in [-0.05, 0) is 26.8 Å². The van der Waals surface area contributed by atoms with Crippen LogP contribution in [0.4, 0.5) is 0 Å². The van der Waals surface area contributed by atoms with Crippen LogP contribution in [0.25, 0.3) is 5.78 Å². The van der Waals surface area contributed by atoms with Crippen molar-refractivity contribution in [2.45, 2.75) is 32.9 Å². The summed E-state index contributed by atoms with van der Waals surface area (Å²) in [6, 6.07) is 2.23. The van der Waals surface area contributed by atoms with Gasteiger partial charge in [-0.15, -0.1) is 5.10 Å². The van der Waals surface area contributed by atoms with E-state index in [1.807, 2.05) is 24.8 Å². The summed E-state index contributed by atoms with van der Waals surface area (Å²) in [5, 5.41) is 7.63. The van der Waals surface area contributed by atoms with Crippen LogP contribution in [0.5, 0.6) is 0 Å². The van der Waals surface area contributed by atoms with Gasteiger partial charge in [0, 0.05) is 37.1 Å². The summed E-state index contributed by atoms with van der Waals surface area (Å²) in [6.45, 7) is 7.49. The van der Waals surface area contributed by atoms with Crippen LogP contribution in [0.15, 0.2) is 12.3 Å². The zero-order chi connectivity index (χ0) is 14.3. The molecule has 7 nitrogen and oxygen atoms in total. The Morgan fingerprint density at radius 2 is 2.25 bits per heavy atom. The van der Waals surface area contributed by atoms with Gasteiger partial charge in [-0.2, -0.15) is 4.98 Å². The fourth-order valence-electron chi connectivity index (χ4n) is 2.47. The highest BCUT2D eigenvalue weighted by atomic mass is 16.2. The van der Waals surface area contributed by atoms with Crippen molar-refractivity contribution in [3.8, 4) is 0 Å². The lowest BCUT2D eigenvalue weighted by Gasteiger charge is -2.37. The van der Waals surface area contributed by atoms with Crippen LogP contribution in [0.1, 0.15) is 30.2 Å². The minimum atomic E-state index is -0.129. The first-order valence-corrected chi connectivity index (χ1v) is 6.80. The van der Waals surface area contributed by atoms with E-state index in [4.69, 9.17) is 0 Å². The van der Waals surface area contributed by atoms with Gasteiger partial charge in [-0.1, -0.05) is 0 Å². The molecule has 106 valence electrons. The standard InChI is InChI=1S/C13H18N6O/c1-8-4-5-15-13-16-11(17-19(8)13)12(20)18-7-6-14-9(2)10(18)3/h4-5,9-10,14H,6-7H2,1-3H3/t9-,10+/m1/s1. The van der Waals surface area contributed by atoms with Gasteiger partial charge in [0.1, 0.15) is 0 Å². The van der Waals surface area contributed by atoms with Crippen LogP contribution in [-0.4, -0.2) is 55.6 Å². The minimum Gasteiger partial charge on any atom is -0.330 e. The third-order valence-corrected chi connectivity index (χ3v) is 3.92. The summed E-state index contributed by atoms with van der Waals surface area (Å²) in [6.07, 6.45) is 1.67. The molecule has 2 aromatic heterocycles. The second-order valence-corrected chi connectivity index (χ2v) is 5.22. The van der Waals surface area contributed by atoms with E-state index in [9.17, 15) is 4.79 Å². The van der Waals surface area contributed by atoms with Crippen molar-refractivity contribution in [1.29, 1.82) is 0 Å². The van der Waals surface area contributed by atoms with E-state index < -0.39 is 0 Å². The molecule has 0 aromatic carbocycles. The SMILES string of the molecule is Cc1ccnc2nc(C(=O)N3CCN[C@H](C)[C@@H]3C)nn12. The van der Waals surface area contributed by atoms with E-state index in [1.165, 1.54) is 0 Å². The Bertz CT molecular complexity index is 651. The van der Waals surface area contributed by atoms with Gasteiger partial charge in [0.05, 0.1) is 0 Å². The maximum absolute atomic E-state index is 12.6. The zero-order valence-corrected chi connectivity index (χ0v) is 11.9. The molecular weight excluding hydrogens is 256 g/mol. The molecule has 0 aliphatic carbocycles. The molecule has 1 N–H and O–H groups in total. The van der Waals surface area contributed by atoms with Crippen LogP contribution in [-0.2, 0) is 0 Å². The third-order valence-electron chi connectivity index (χ3n) is 3.92. The van der Waals surface area contributed by atoms with Crippen LogP contribution in [0.2, 0.25) is 0 Å². The molecule has 0 unspecified atom stereocenters. The molecule has 2 aromatic rings. The van der Waals surface area contributed by atoms with Gasteiger partial charge in [-0.25, -0.2) is 9.50 Å². The number of aromatic nitrogens is 4. The molecule has 1 fully saturated rings. The lowest BCUT2D eigenvalue weighted by molar-refractivity contribution is 0.0590. The molecule has 3 heterocycles. The summed E-state index contributed by atoms with van der Waals surface area (Å²) in [5.74, 6) is 0.549. The summed E-state index contributed by atoms with van der Waals surface area (Å²) in [7, 11) is 0. The van der Waals surface area contributed by atoms with Crippen molar-refractivity contribution in [1.82, 2.24) is 29.8 Å². The number of fused-ring (bicyclic) bond motifs is 1. The number of nitrogens with zero attached hydrogens (tertiary/aromatic N) is 5. The minimum absolute atomic E-state index is 0.122. The smallest absolute Gasteiger partial charge is 0.293 e. The zero-order valence-electron chi connectivity index (χ0n) is 11.9. The maximum Gasteiger partial charge on any atom is 0.293 e. The van der Waals surface area contributed by atoms with Crippen molar-refractivity contribution in [3.63, 3.8) is 0 Å². The average molecular weight is 274 g/mol. The quantitative estimate of drug-likeness (QED) is 0.807. The van der Waals surface area contributed by atoms with Gasteiger partial charge in [-0.3, -0.25) is 4.79 Å². The normalized spacial score (nSPS) is 23.2. The fraction of sp³-hybridized carbons (Fsp3) is 0.538. The first-order chi connectivity index (χ1) is 9.58. The maximum atomic E-state index is 12.6. The van der Waals surface area contributed by atoms with Crippen molar-refractivity contribution >= 4 is 11.7 Å². The Balaban J connectivity index is 1.94. The number of rotatable bonds is 1.